The number of carbonyl (C=O) groups is 2. The van der Waals surface area contributed by atoms with E-state index in [1.807, 2.05) is 36.4 Å². The van der Waals surface area contributed by atoms with Gasteiger partial charge < -0.3 is 19.7 Å². The second kappa shape index (κ2) is 8.15. The van der Waals surface area contributed by atoms with E-state index in [2.05, 4.69) is 26.1 Å². The Balaban J connectivity index is 1.85. The van der Waals surface area contributed by atoms with Gasteiger partial charge in [-0.3, -0.25) is 4.79 Å². The van der Waals surface area contributed by atoms with Crippen LogP contribution >= 0.6 is 0 Å². The van der Waals surface area contributed by atoms with Gasteiger partial charge in [0.25, 0.3) is 5.91 Å². The van der Waals surface area contributed by atoms with Gasteiger partial charge in [-0.1, -0.05) is 39.0 Å². The van der Waals surface area contributed by atoms with Crippen molar-refractivity contribution < 1.29 is 19.1 Å². The van der Waals surface area contributed by atoms with E-state index in [0.29, 0.717) is 30.8 Å². The number of benzene rings is 2. The summed E-state index contributed by atoms with van der Waals surface area (Å²) in [6.07, 6.45) is 0.315. The average molecular weight is 396 g/mol. The summed E-state index contributed by atoms with van der Waals surface area (Å²) in [7, 11) is 2.96. The van der Waals surface area contributed by atoms with E-state index in [-0.39, 0.29) is 17.4 Å². The van der Waals surface area contributed by atoms with Crippen LogP contribution in [-0.2, 0) is 23.1 Å². The summed E-state index contributed by atoms with van der Waals surface area (Å²) in [5.41, 5.74) is 4.38. The molecule has 0 aromatic heterocycles. The van der Waals surface area contributed by atoms with Crippen LogP contribution in [0.25, 0.3) is 0 Å². The van der Waals surface area contributed by atoms with Gasteiger partial charge in [-0.05, 0) is 46.7 Å². The van der Waals surface area contributed by atoms with Crippen molar-refractivity contribution in [3.05, 3.63) is 58.7 Å². The van der Waals surface area contributed by atoms with Gasteiger partial charge >= 0.3 is 6.09 Å². The second-order valence-electron chi connectivity index (χ2n) is 8.20. The van der Waals surface area contributed by atoms with Crippen molar-refractivity contribution in [2.24, 2.45) is 0 Å². The molecule has 2 aromatic carbocycles. The highest BCUT2D eigenvalue weighted by atomic mass is 16.5. The molecular formula is C23H28N2O4. The molecule has 154 valence electrons. The Morgan fingerprint density at radius 1 is 1.10 bits per heavy atom. The van der Waals surface area contributed by atoms with Crippen LogP contribution < -0.4 is 10.1 Å². The Morgan fingerprint density at radius 3 is 2.52 bits per heavy atom. The monoisotopic (exact) mass is 396 g/mol. The molecule has 2 aromatic rings. The molecule has 3 rings (SSSR count). The first kappa shape index (κ1) is 20.7. The molecule has 0 saturated carbocycles. The molecule has 6 heteroatoms. The van der Waals surface area contributed by atoms with E-state index in [9.17, 15) is 9.59 Å². The highest BCUT2D eigenvalue weighted by Gasteiger charge is 2.24. The van der Waals surface area contributed by atoms with Crippen LogP contribution in [0.1, 0.15) is 47.8 Å². The lowest BCUT2D eigenvalue weighted by atomic mass is 9.86. The zero-order valence-corrected chi connectivity index (χ0v) is 17.7. The van der Waals surface area contributed by atoms with Crippen molar-refractivity contribution in [3.63, 3.8) is 0 Å². The number of hydrogen-bond acceptors (Lipinski definition) is 4. The van der Waals surface area contributed by atoms with E-state index < -0.39 is 0 Å². The smallest absolute Gasteiger partial charge is 0.409 e. The molecule has 0 atom stereocenters. The maximum absolute atomic E-state index is 13.0. The highest BCUT2D eigenvalue weighted by Crippen LogP contribution is 2.31. The highest BCUT2D eigenvalue weighted by molar-refractivity contribution is 6.06. The van der Waals surface area contributed by atoms with Crippen LogP contribution in [0.5, 0.6) is 5.75 Å². The van der Waals surface area contributed by atoms with E-state index in [1.165, 1.54) is 7.11 Å². The molecule has 2 amide bonds. The van der Waals surface area contributed by atoms with Crippen molar-refractivity contribution in [2.75, 3.05) is 26.1 Å². The van der Waals surface area contributed by atoms with Crippen molar-refractivity contribution in [1.29, 1.82) is 0 Å². The Labute approximate surface area is 171 Å². The number of rotatable bonds is 3. The maximum Gasteiger partial charge on any atom is 0.409 e. The number of carbonyl (C=O) groups excluding carboxylic acids is 2. The van der Waals surface area contributed by atoms with Crippen LogP contribution in [0.3, 0.4) is 0 Å². The van der Waals surface area contributed by atoms with Crippen molar-refractivity contribution in [2.45, 2.75) is 39.2 Å². The predicted molar refractivity (Wildman–Crippen MR) is 113 cm³/mol. The van der Waals surface area contributed by atoms with Gasteiger partial charge in [-0.2, -0.15) is 0 Å². The summed E-state index contributed by atoms with van der Waals surface area (Å²) in [5, 5.41) is 3.02. The van der Waals surface area contributed by atoms with Gasteiger partial charge in [0, 0.05) is 18.8 Å². The number of nitrogens with one attached hydrogen (secondary N) is 1. The van der Waals surface area contributed by atoms with Crippen LogP contribution in [0, 0.1) is 0 Å². The van der Waals surface area contributed by atoms with Crippen molar-refractivity contribution >= 4 is 17.7 Å². The minimum Gasteiger partial charge on any atom is -0.496 e. The van der Waals surface area contributed by atoms with Crippen LogP contribution in [0.2, 0.25) is 0 Å². The zero-order valence-electron chi connectivity index (χ0n) is 17.7. The number of nitrogens with zero attached hydrogens (tertiary/aromatic N) is 1. The molecule has 0 saturated heterocycles. The lowest BCUT2D eigenvalue weighted by molar-refractivity contribution is 0.102. The first-order chi connectivity index (χ1) is 13.7. The molecule has 29 heavy (non-hydrogen) atoms. The number of ether oxygens (including phenoxy) is 2. The molecule has 0 unspecified atom stereocenters. The van der Waals surface area contributed by atoms with Gasteiger partial charge in [0.2, 0.25) is 0 Å². The normalized spacial score (nSPS) is 13.5. The molecule has 0 radical (unpaired) electrons. The standard InChI is InChI=1S/C23H28N2O4/c1-23(2,3)16-9-10-18(20(13-16)28-4)21(26)24-19-8-6-7-15-14-25(22(27)29-5)12-11-17(15)19/h6-10,13H,11-12,14H2,1-5H3,(H,24,26). The fourth-order valence-corrected chi connectivity index (χ4v) is 3.55. The minimum absolute atomic E-state index is 0.0354. The third kappa shape index (κ3) is 4.36. The van der Waals surface area contributed by atoms with Crippen LogP contribution in [0.15, 0.2) is 36.4 Å². The van der Waals surface area contributed by atoms with Gasteiger partial charge in [-0.15, -0.1) is 0 Å². The predicted octanol–water partition coefficient (Wildman–Crippen LogP) is 4.37. The van der Waals surface area contributed by atoms with Gasteiger partial charge in [0.15, 0.2) is 0 Å². The molecule has 0 aliphatic carbocycles. The minimum atomic E-state index is -0.339. The molecule has 1 aliphatic heterocycles. The third-order valence-electron chi connectivity index (χ3n) is 5.26. The van der Waals surface area contributed by atoms with E-state index in [4.69, 9.17) is 9.47 Å². The molecule has 1 aliphatic rings. The van der Waals surface area contributed by atoms with E-state index in [1.54, 1.807) is 12.0 Å². The quantitative estimate of drug-likeness (QED) is 0.837. The van der Waals surface area contributed by atoms with E-state index >= 15 is 0 Å². The molecule has 6 nitrogen and oxygen atoms in total. The number of amides is 2. The number of anilines is 1. The number of methoxy groups -OCH3 is 2. The summed E-state index contributed by atoms with van der Waals surface area (Å²) < 4.78 is 10.3. The summed E-state index contributed by atoms with van der Waals surface area (Å²) >= 11 is 0. The topological polar surface area (TPSA) is 67.9 Å². The molecule has 0 spiro atoms. The molecule has 1 N–H and O–H groups in total. The molecule has 0 fully saturated rings. The molecular weight excluding hydrogens is 368 g/mol. The lowest BCUT2D eigenvalue weighted by Crippen LogP contribution is -2.36. The zero-order chi connectivity index (χ0) is 21.2. The Bertz CT molecular complexity index is 931. The first-order valence-electron chi connectivity index (χ1n) is 9.68. The second-order valence-corrected chi connectivity index (χ2v) is 8.20. The average Bonchev–Trinajstić information content (AvgIpc) is 2.71. The summed E-state index contributed by atoms with van der Waals surface area (Å²) in [5.74, 6) is 0.336. The van der Waals surface area contributed by atoms with Gasteiger partial charge in [0.05, 0.1) is 19.8 Å². The van der Waals surface area contributed by atoms with Gasteiger partial charge in [-0.25, -0.2) is 4.79 Å². The Morgan fingerprint density at radius 2 is 1.86 bits per heavy atom. The fraction of sp³-hybridized carbons (Fsp3) is 0.391. The lowest BCUT2D eigenvalue weighted by Gasteiger charge is -2.29. The Kier molecular flexibility index (Phi) is 5.82. The molecule has 1 heterocycles. The van der Waals surface area contributed by atoms with Crippen molar-refractivity contribution in [3.8, 4) is 5.75 Å². The third-order valence-corrected chi connectivity index (χ3v) is 5.26. The van der Waals surface area contributed by atoms with Crippen LogP contribution in [0.4, 0.5) is 10.5 Å². The maximum atomic E-state index is 13.0. The first-order valence-corrected chi connectivity index (χ1v) is 9.68. The van der Waals surface area contributed by atoms with Crippen LogP contribution in [-0.4, -0.2) is 37.7 Å². The summed E-state index contributed by atoms with van der Waals surface area (Å²) in [6, 6.07) is 11.4. The number of fused-ring (bicyclic) bond motifs is 1. The fourth-order valence-electron chi connectivity index (χ4n) is 3.55. The Hall–Kier alpha value is -3.02. The van der Waals surface area contributed by atoms with E-state index in [0.717, 1.165) is 22.4 Å². The summed E-state index contributed by atoms with van der Waals surface area (Å²) in [6.45, 7) is 7.38. The summed E-state index contributed by atoms with van der Waals surface area (Å²) in [4.78, 5) is 26.5. The number of hydrogen-bond donors (Lipinski definition) is 1. The van der Waals surface area contributed by atoms with Gasteiger partial charge in [0.1, 0.15) is 5.75 Å². The largest absolute Gasteiger partial charge is 0.496 e. The molecule has 0 bridgehead atoms. The SMILES string of the molecule is COC(=O)N1CCc2c(cccc2NC(=O)c2ccc(C(C)(C)C)cc2OC)C1. The van der Waals surface area contributed by atoms with Crippen molar-refractivity contribution in [1.82, 2.24) is 4.90 Å².